The molecule has 0 saturated carbocycles. The summed E-state index contributed by atoms with van der Waals surface area (Å²) in [7, 11) is 1.76. The van der Waals surface area contributed by atoms with Crippen LogP contribution >= 0.6 is 0 Å². The Morgan fingerprint density at radius 1 is 1.26 bits per heavy atom. The average Bonchev–Trinajstić information content (AvgIpc) is 2.43. The summed E-state index contributed by atoms with van der Waals surface area (Å²) in [6.45, 7) is 4.26. The first kappa shape index (κ1) is 13.7. The second kappa shape index (κ2) is 5.97. The van der Waals surface area contributed by atoms with E-state index in [0.29, 0.717) is 23.6 Å². The second-order valence-corrected chi connectivity index (χ2v) is 5.03. The largest absolute Gasteiger partial charge is 0.372 e. The van der Waals surface area contributed by atoms with Crippen LogP contribution in [0, 0.1) is 0 Å². The number of amides is 1. The molecule has 6 heteroatoms. The molecule has 1 aromatic heterocycles. The van der Waals surface area contributed by atoms with Crippen LogP contribution in [0.4, 0.5) is 5.82 Å². The van der Waals surface area contributed by atoms with E-state index in [1.54, 1.807) is 19.2 Å². The number of carbonyl (C=O) groups is 1. The SMILES string of the molecule is CNc1ccc(C(=O)NN2C(C)CCCC2C)nn1. The fourth-order valence-electron chi connectivity index (χ4n) is 2.40. The van der Waals surface area contributed by atoms with Crippen LogP contribution in [0.25, 0.3) is 0 Å². The quantitative estimate of drug-likeness (QED) is 0.863. The number of hydrogen-bond donors (Lipinski definition) is 2. The molecule has 0 aliphatic carbocycles. The van der Waals surface area contributed by atoms with E-state index in [0.717, 1.165) is 12.8 Å². The maximum atomic E-state index is 12.1. The lowest BCUT2D eigenvalue weighted by atomic mass is 10.00. The highest BCUT2D eigenvalue weighted by atomic mass is 16.2. The number of nitrogens with one attached hydrogen (secondary N) is 2. The van der Waals surface area contributed by atoms with Gasteiger partial charge in [-0.05, 0) is 38.8 Å². The molecular weight excluding hydrogens is 242 g/mol. The zero-order valence-corrected chi connectivity index (χ0v) is 11.7. The van der Waals surface area contributed by atoms with Gasteiger partial charge in [0.05, 0.1) is 0 Å². The van der Waals surface area contributed by atoms with Crippen molar-refractivity contribution in [2.24, 2.45) is 0 Å². The van der Waals surface area contributed by atoms with E-state index in [-0.39, 0.29) is 5.91 Å². The van der Waals surface area contributed by atoms with Crippen molar-refractivity contribution >= 4 is 11.7 Å². The summed E-state index contributed by atoms with van der Waals surface area (Å²) in [5, 5.41) is 12.7. The molecule has 2 unspecified atom stereocenters. The summed E-state index contributed by atoms with van der Waals surface area (Å²) < 4.78 is 0. The van der Waals surface area contributed by atoms with Crippen molar-refractivity contribution in [3.8, 4) is 0 Å². The lowest BCUT2D eigenvalue weighted by Crippen LogP contribution is -2.54. The fourth-order valence-corrected chi connectivity index (χ4v) is 2.40. The monoisotopic (exact) mass is 263 g/mol. The molecule has 0 aromatic carbocycles. The predicted octanol–water partition coefficient (Wildman–Crippen LogP) is 1.43. The molecule has 6 nitrogen and oxygen atoms in total. The molecular formula is C13H21N5O. The van der Waals surface area contributed by atoms with Gasteiger partial charge < -0.3 is 5.32 Å². The summed E-state index contributed by atoms with van der Waals surface area (Å²) in [6, 6.07) is 4.13. The van der Waals surface area contributed by atoms with E-state index in [4.69, 9.17) is 0 Å². The van der Waals surface area contributed by atoms with Gasteiger partial charge in [-0.3, -0.25) is 10.2 Å². The van der Waals surface area contributed by atoms with E-state index >= 15 is 0 Å². The van der Waals surface area contributed by atoms with Gasteiger partial charge in [-0.15, -0.1) is 10.2 Å². The minimum atomic E-state index is -0.198. The minimum absolute atomic E-state index is 0.198. The minimum Gasteiger partial charge on any atom is -0.372 e. The molecule has 104 valence electrons. The van der Waals surface area contributed by atoms with Crippen molar-refractivity contribution in [1.29, 1.82) is 0 Å². The van der Waals surface area contributed by atoms with Crippen molar-refractivity contribution in [2.45, 2.75) is 45.2 Å². The van der Waals surface area contributed by atoms with E-state index in [1.807, 2.05) is 5.01 Å². The smallest absolute Gasteiger partial charge is 0.286 e. The summed E-state index contributed by atoms with van der Waals surface area (Å²) in [6.07, 6.45) is 3.43. The molecule has 1 saturated heterocycles. The average molecular weight is 263 g/mol. The first-order chi connectivity index (χ1) is 9.11. The first-order valence-corrected chi connectivity index (χ1v) is 6.72. The lowest BCUT2D eigenvalue weighted by Gasteiger charge is -2.38. The summed E-state index contributed by atoms with van der Waals surface area (Å²) in [5.41, 5.74) is 3.28. The zero-order chi connectivity index (χ0) is 13.8. The molecule has 1 aromatic rings. The highest BCUT2D eigenvalue weighted by molar-refractivity contribution is 5.91. The molecule has 2 rings (SSSR count). The van der Waals surface area contributed by atoms with Gasteiger partial charge in [0.2, 0.25) is 0 Å². The normalized spacial score (nSPS) is 23.9. The van der Waals surface area contributed by atoms with Crippen LogP contribution < -0.4 is 10.7 Å². The first-order valence-electron chi connectivity index (χ1n) is 6.72. The van der Waals surface area contributed by atoms with Crippen LogP contribution in [0.1, 0.15) is 43.6 Å². The molecule has 2 N–H and O–H groups in total. The lowest BCUT2D eigenvalue weighted by molar-refractivity contribution is 0.0365. The topological polar surface area (TPSA) is 70.2 Å². The molecule has 1 amide bonds. The van der Waals surface area contributed by atoms with Gasteiger partial charge in [0.15, 0.2) is 5.69 Å². The maximum absolute atomic E-state index is 12.1. The van der Waals surface area contributed by atoms with E-state index < -0.39 is 0 Å². The van der Waals surface area contributed by atoms with Crippen molar-refractivity contribution < 1.29 is 4.79 Å². The van der Waals surface area contributed by atoms with Crippen LogP contribution in [0.3, 0.4) is 0 Å². The van der Waals surface area contributed by atoms with Gasteiger partial charge in [-0.25, -0.2) is 5.01 Å². The summed E-state index contributed by atoms with van der Waals surface area (Å²) in [4.78, 5) is 12.1. The number of hydrazine groups is 1. The van der Waals surface area contributed by atoms with Gasteiger partial charge >= 0.3 is 0 Å². The number of anilines is 1. The fraction of sp³-hybridized carbons (Fsp3) is 0.615. The van der Waals surface area contributed by atoms with Crippen LogP contribution in [0.5, 0.6) is 0 Å². The summed E-state index contributed by atoms with van der Waals surface area (Å²) in [5.74, 6) is 0.451. The number of rotatable bonds is 3. The highest BCUT2D eigenvalue weighted by Crippen LogP contribution is 2.20. The Labute approximate surface area is 113 Å². The maximum Gasteiger partial charge on any atom is 0.286 e. The molecule has 0 radical (unpaired) electrons. The molecule has 19 heavy (non-hydrogen) atoms. The van der Waals surface area contributed by atoms with Crippen LogP contribution in [-0.2, 0) is 0 Å². The van der Waals surface area contributed by atoms with E-state index in [1.165, 1.54) is 6.42 Å². The molecule has 2 heterocycles. The van der Waals surface area contributed by atoms with E-state index in [9.17, 15) is 4.79 Å². The number of hydrogen-bond acceptors (Lipinski definition) is 5. The van der Waals surface area contributed by atoms with Crippen molar-refractivity contribution in [3.05, 3.63) is 17.8 Å². The standard InChI is InChI=1S/C13H21N5O/c1-9-5-4-6-10(2)18(9)17-13(19)11-7-8-12(14-3)16-15-11/h7-10H,4-6H2,1-3H3,(H,14,16)(H,17,19). The predicted molar refractivity (Wildman–Crippen MR) is 73.7 cm³/mol. The van der Waals surface area contributed by atoms with Crippen LogP contribution in [-0.4, -0.2) is 40.2 Å². The number of piperidine rings is 1. The van der Waals surface area contributed by atoms with Crippen LogP contribution in [0.15, 0.2) is 12.1 Å². The van der Waals surface area contributed by atoms with Gasteiger partial charge in [0.25, 0.3) is 5.91 Å². The van der Waals surface area contributed by atoms with Gasteiger partial charge in [-0.2, -0.15) is 0 Å². The molecule has 1 fully saturated rings. The van der Waals surface area contributed by atoms with Crippen molar-refractivity contribution in [2.75, 3.05) is 12.4 Å². The van der Waals surface area contributed by atoms with Gasteiger partial charge in [-0.1, -0.05) is 6.42 Å². The Morgan fingerprint density at radius 3 is 2.47 bits per heavy atom. The second-order valence-electron chi connectivity index (χ2n) is 5.03. The third-order valence-electron chi connectivity index (χ3n) is 3.58. The van der Waals surface area contributed by atoms with Gasteiger partial charge in [0.1, 0.15) is 5.82 Å². The number of aromatic nitrogens is 2. The Morgan fingerprint density at radius 2 is 1.95 bits per heavy atom. The third-order valence-corrected chi connectivity index (χ3v) is 3.58. The molecule has 0 spiro atoms. The molecule has 1 aliphatic heterocycles. The van der Waals surface area contributed by atoms with Crippen molar-refractivity contribution in [1.82, 2.24) is 20.6 Å². The molecule has 0 bridgehead atoms. The summed E-state index contributed by atoms with van der Waals surface area (Å²) >= 11 is 0. The zero-order valence-electron chi connectivity index (χ0n) is 11.7. The molecule has 1 aliphatic rings. The highest BCUT2D eigenvalue weighted by Gasteiger charge is 2.26. The van der Waals surface area contributed by atoms with Crippen LogP contribution in [0.2, 0.25) is 0 Å². The van der Waals surface area contributed by atoms with E-state index in [2.05, 4.69) is 34.8 Å². The Bertz CT molecular complexity index is 423. The Hall–Kier alpha value is -1.69. The Kier molecular flexibility index (Phi) is 4.31. The third kappa shape index (κ3) is 3.20. The van der Waals surface area contributed by atoms with Crippen molar-refractivity contribution in [3.63, 3.8) is 0 Å². The van der Waals surface area contributed by atoms with Gasteiger partial charge in [0, 0.05) is 19.1 Å². The molecule has 2 atom stereocenters. The Balaban J connectivity index is 2.02. The number of nitrogens with zero attached hydrogens (tertiary/aromatic N) is 3. The number of carbonyl (C=O) groups excluding carboxylic acids is 1.